The molecule has 0 aliphatic carbocycles. The lowest BCUT2D eigenvalue weighted by atomic mass is 9.99. The van der Waals surface area contributed by atoms with Crippen molar-refractivity contribution in [1.29, 1.82) is 0 Å². The number of hydrogen-bond donors (Lipinski definition) is 0. The minimum atomic E-state index is -4.00. The molecule has 1 saturated heterocycles. The number of aromatic nitrogens is 2. The Bertz CT molecular complexity index is 1370. The molecule has 10 heteroatoms. The van der Waals surface area contributed by atoms with Crippen LogP contribution in [0.4, 0.5) is 8.78 Å². The van der Waals surface area contributed by atoms with Gasteiger partial charge in [0.1, 0.15) is 18.2 Å². The summed E-state index contributed by atoms with van der Waals surface area (Å²) in [5, 5.41) is 3.38. The maximum Gasteiger partial charge on any atom is 0.183 e. The van der Waals surface area contributed by atoms with Gasteiger partial charge in [0.15, 0.2) is 15.7 Å². The third kappa shape index (κ3) is 3.96. The highest BCUT2D eigenvalue weighted by molar-refractivity contribution is 7.92. The second-order valence-corrected chi connectivity index (χ2v) is 10.9. The lowest BCUT2D eigenvalue weighted by Crippen LogP contribution is -2.57. The number of hydrogen-bond acceptors (Lipinski definition) is 6. The first kappa shape index (κ1) is 22.5. The number of rotatable bonds is 4. The molecule has 3 heterocycles. The summed E-state index contributed by atoms with van der Waals surface area (Å²) in [5.74, 6) is -1.29. The molecule has 1 aromatic heterocycles. The molecule has 0 N–H and O–H groups in total. The first-order valence-corrected chi connectivity index (χ1v) is 12.6. The van der Waals surface area contributed by atoms with Crippen molar-refractivity contribution in [3.63, 3.8) is 0 Å². The predicted octanol–water partition coefficient (Wildman–Crippen LogP) is 3.77. The SMILES string of the molecule is Cc1cn(-c2ccc(C3=NOCC4C(S(=O)(=O)c5cc(F)cc(F)c5)CCCN34)cc2C)cn1. The van der Waals surface area contributed by atoms with E-state index in [-0.39, 0.29) is 11.5 Å². The fourth-order valence-corrected chi connectivity index (χ4v) is 6.81. The first-order valence-electron chi connectivity index (χ1n) is 11.0. The van der Waals surface area contributed by atoms with Crippen LogP contribution in [0.15, 0.2) is 59.0 Å². The van der Waals surface area contributed by atoms with Crippen molar-refractivity contribution in [3.8, 4) is 5.69 Å². The molecule has 2 aromatic carbocycles. The molecule has 2 aliphatic heterocycles. The third-order valence-electron chi connectivity index (χ3n) is 6.39. The van der Waals surface area contributed by atoms with Gasteiger partial charge in [0.25, 0.3) is 0 Å². The quantitative estimate of drug-likeness (QED) is 0.561. The van der Waals surface area contributed by atoms with Gasteiger partial charge >= 0.3 is 0 Å². The van der Waals surface area contributed by atoms with E-state index in [9.17, 15) is 17.2 Å². The molecular formula is C24H24F2N4O3S. The second-order valence-electron chi connectivity index (χ2n) is 8.73. The number of benzene rings is 2. The summed E-state index contributed by atoms with van der Waals surface area (Å²) in [7, 11) is -4.00. The van der Waals surface area contributed by atoms with E-state index in [1.807, 2.05) is 47.7 Å². The molecule has 2 aliphatic rings. The maximum absolute atomic E-state index is 13.8. The van der Waals surface area contributed by atoms with Crippen molar-refractivity contribution >= 4 is 15.7 Å². The monoisotopic (exact) mass is 486 g/mol. The van der Waals surface area contributed by atoms with Gasteiger partial charge in [-0.2, -0.15) is 0 Å². The van der Waals surface area contributed by atoms with Crippen LogP contribution in [0.3, 0.4) is 0 Å². The molecule has 34 heavy (non-hydrogen) atoms. The number of piperidine rings is 1. The summed E-state index contributed by atoms with van der Waals surface area (Å²) >= 11 is 0. The van der Waals surface area contributed by atoms with Crippen LogP contribution in [-0.4, -0.2) is 53.1 Å². The Kier molecular flexibility index (Phi) is 5.63. The smallest absolute Gasteiger partial charge is 0.183 e. The van der Waals surface area contributed by atoms with Crippen LogP contribution in [0.25, 0.3) is 5.69 Å². The zero-order valence-corrected chi connectivity index (χ0v) is 19.6. The Hall–Kier alpha value is -3.27. The summed E-state index contributed by atoms with van der Waals surface area (Å²) in [4.78, 5) is 11.4. The number of imidazole rings is 1. The van der Waals surface area contributed by atoms with Gasteiger partial charge in [-0.1, -0.05) is 5.16 Å². The molecule has 0 amide bonds. The van der Waals surface area contributed by atoms with Crippen LogP contribution in [-0.2, 0) is 14.7 Å². The molecule has 2 atom stereocenters. The van der Waals surface area contributed by atoms with Crippen LogP contribution >= 0.6 is 0 Å². The highest BCUT2D eigenvalue weighted by atomic mass is 32.2. The van der Waals surface area contributed by atoms with Gasteiger partial charge in [0, 0.05) is 30.1 Å². The number of fused-ring (bicyclic) bond motifs is 1. The van der Waals surface area contributed by atoms with E-state index in [4.69, 9.17) is 4.84 Å². The van der Waals surface area contributed by atoms with Crippen LogP contribution < -0.4 is 0 Å². The fourth-order valence-electron chi connectivity index (χ4n) is 4.79. The van der Waals surface area contributed by atoms with Gasteiger partial charge < -0.3 is 14.3 Å². The summed E-state index contributed by atoms with van der Waals surface area (Å²) < 4.78 is 56.3. The summed E-state index contributed by atoms with van der Waals surface area (Å²) in [6.07, 6.45) is 4.66. The van der Waals surface area contributed by atoms with E-state index in [1.165, 1.54) is 0 Å². The molecule has 0 bridgehead atoms. The number of amidine groups is 1. The molecular weight excluding hydrogens is 462 g/mol. The lowest BCUT2D eigenvalue weighted by molar-refractivity contribution is 0.0475. The van der Waals surface area contributed by atoms with Gasteiger partial charge in [-0.15, -0.1) is 0 Å². The number of sulfone groups is 1. The van der Waals surface area contributed by atoms with Crippen LogP contribution in [0, 0.1) is 25.5 Å². The molecule has 178 valence electrons. The Morgan fingerprint density at radius 1 is 1.09 bits per heavy atom. The minimum Gasteiger partial charge on any atom is -0.392 e. The Labute approximate surface area is 196 Å². The Morgan fingerprint density at radius 2 is 1.85 bits per heavy atom. The molecule has 0 saturated carbocycles. The summed E-state index contributed by atoms with van der Waals surface area (Å²) in [5.41, 5.74) is 3.69. The van der Waals surface area contributed by atoms with E-state index in [2.05, 4.69) is 10.1 Å². The second kappa shape index (κ2) is 8.50. The molecule has 5 rings (SSSR count). The minimum absolute atomic E-state index is 0.0799. The van der Waals surface area contributed by atoms with Gasteiger partial charge in [-0.3, -0.25) is 0 Å². The molecule has 3 aromatic rings. The Balaban J connectivity index is 1.47. The van der Waals surface area contributed by atoms with Crippen molar-refractivity contribution in [2.75, 3.05) is 13.2 Å². The topological polar surface area (TPSA) is 76.8 Å². The highest BCUT2D eigenvalue weighted by Gasteiger charge is 2.44. The Morgan fingerprint density at radius 3 is 2.53 bits per heavy atom. The number of nitrogens with zero attached hydrogens (tertiary/aromatic N) is 4. The maximum atomic E-state index is 13.8. The zero-order valence-electron chi connectivity index (χ0n) is 18.8. The zero-order chi connectivity index (χ0) is 24.0. The highest BCUT2D eigenvalue weighted by Crippen LogP contribution is 2.33. The van der Waals surface area contributed by atoms with E-state index >= 15 is 0 Å². The van der Waals surface area contributed by atoms with Crippen LogP contribution in [0.2, 0.25) is 0 Å². The summed E-state index contributed by atoms with van der Waals surface area (Å²) in [6, 6.07) is 7.75. The first-order chi connectivity index (χ1) is 16.2. The van der Waals surface area contributed by atoms with Gasteiger partial charge in [0.05, 0.1) is 28.2 Å². The largest absolute Gasteiger partial charge is 0.392 e. The standard InChI is InChI=1S/C24H24F2N4O3S/c1-15-8-17(5-6-21(15)29-12-16(2)27-14-29)24-28-33-13-22-23(4-3-7-30(22)24)34(31,32)20-10-18(25)9-19(26)11-20/h5-6,8-12,14,22-23H,3-4,7,13H2,1-2H3. The van der Waals surface area contributed by atoms with Crippen LogP contribution in [0.1, 0.15) is 29.7 Å². The fraction of sp³-hybridized carbons (Fsp3) is 0.333. The van der Waals surface area contributed by atoms with Gasteiger partial charge in [-0.25, -0.2) is 22.2 Å². The number of oxime groups is 1. The molecule has 0 spiro atoms. The van der Waals surface area contributed by atoms with Crippen molar-refractivity contribution in [2.24, 2.45) is 5.16 Å². The van der Waals surface area contributed by atoms with E-state index in [1.54, 1.807) is 6.33 Å². The molecule has 1 fully saturated rings. The molecule has 2 unspecified atom stereocenters. The average Bonchev–Trinajstić information content (AvgIpc) is 3.23. The van der Waals surface area contributed by atoms with Gasteiger partial charge in [0.2, 0.25) is 0 Å². The average molecular weight is 487 g/mol. The predicted molar refractivity (Wildman–Crippen MR) is 123 cm³/mol. The van der Waals surface area contributed by atoms with Crippen molar-refractivity contribution < 1.29 is 22.0 Å². The lowest BCUT2D eigenvalue weighted by Gasteiger charge is -2.43. The number of halogens is 2. The normalized spacial score (nSPS) is 20.5. The van der Waals surface area contributed by atoms with Crippen molar-refractivity contribution in [3.05, 3.63) is 77.4 Å². The van der Waals surface area contributed by atoms with Crippen molar-refractivity contribution in [1.82, 2.24) is 14.5 Å². The molecule has 0 radical (unpaired) electrons. The summed E-state index contributed by atoms with van der Waals surface area (Å²) in [6.45, 7) is 4.60. The van der Waals surface area contributed by atoms with E-state index in [0.717, 1.165) is 34.6 Å². The molecule has 7 nitrogen and oxygen atoms in total. The van der Waals surface area contributed by atoms with Crippen LogP contribution in [0.5, 0.6) is 0 Å². The van der Waals surface area contributed by atoms with Gasteiger partial charge in [-0.05, 0) is 62.6 Å². The van der Waals surface area contributed by atoms with Crippen molar-refractivity contribution in [2.45, 2.75) is 42.9 Å². The number of aryl methyl sites for hydroxylation is 2. The van der Waals surface area contributed by atoms with E-state index < -0.39 is 32.8 Å². The third-order valence-corrected chi connectivity index (χ3v) is 8.63. The van der Waals surface area contributed by atoms with E-state index in [0.29, 0.717) is 31.3 Å².